The number of amides is 1. The first-order valence-corrected chi connectivity index (χ1v) is 13.1. The summed E-state index contributed by atoms with van der Waals surface area (Å²) in [5.41, 5.74) is 2.74. The van der Waals surface area contributed by atoms with Crippen molar-refractivity contribution in [2.24, 2.45) is 5.92 Å². The average Bonchev–Trinajstić information content (AvgIpc) is 3.57. The van der Waals surface area contributed by atoms with Gasteiger partial charge in [-0.05, 0) is 37.0 Å². The second kappa shape index (κ2) is 8.42. The number of hydrogen-bond donors (Lipinski definition) is 0. The van der Waals surface area contributed by atoms with Gasteiger partial charge in [0.25, 0.3) is 10.0 Å². The lowest BCUT2D eigenvalue weighted by Crippen LogP contribution is -2.46. The number of aryl methyl sites for hydroxylation is 1. The van der Waals surface area contributed by atoms with Crippen LogP contribution in [-0.4, -0.2) is 48.4 Å². The van der Waals surface area contributed by atoms with Crippen molar-refractivity contribution < 1.29 is 17.7 Å². The molecular weight excluding hydrogens is 448 g/mol. The van der Waals surface area contributed by atoms with Crippen LogP contribution in [0, 0.1) is 5.92 Å². The van der Waals surface area contributed by atoms with Gasteiger partial charge in [-0.3, -0.25) is 4.79 Å². The summed E-state index contributed by atoms with van der Waals surface area (Å²) >= 11 is 1.14. The molecule has 0 aliphatic carbocycles. The SMILES string of the molecule is CCc1nc(-c2csc(S(=O)(=O)N3CCC[C@@H](C(=O)N4CCc5ccccc54)C3)c2)no1. The summed E-state index contributed by atoms with van der Waals surface area (Å²) in [6.07, 6.45) is 2.81. The highest BCUT2D eigenvalue weighted by Gasteiger charge is 2.37. The number of sulfonamides is 1. The third-order valence-electron chi connectivity index (χ3n) is 6.08. The molecule has 1 saturated heterocycles. The zero-order valence-corrected chi connectivity index (χ0v) is 19.4. The molecule has 10 heteroatoms. The van der Waals surface area contributed by atoms with E-state index in [0.717, 1.165) is 23.4 Å². The van der Waals surface area contributed by atoms with E-state index in [1.807, 2.05) is 36.1 Å². The summed E-state index contributed by atoms with van der Waals surface area (Å²) in [5, 5.41) is 5.65. The van der Waals surface area contributed by atoms with Crippen molar-refractivity contribution in [3.8, 4) is 11.4 Å². The summed E-state index contributed by atoms with van der Waals surface area (Å²) in [6.45, 7) is 3.18. The van der Waals surface area contributed by atoms with Gasteiger partial charge in [0, 0.05) is 42.7 Å². The first-order valence-electron chi connectivity index (χ1n) is 10.8. The maximum atomic E-state index is 13.3. The molecule has 1 amide bonds. The normalized spacial score (nSPS) is 19.3. The predicted molar refractivity (Wildman–Crippen MR) is 121 cm³/mol. The molecule has 32 heavy (non-hydrogen) atoms. The van der Waals surface area contributed by atoms with Gasteiger partial charge < -0.3 is 9.42 Å². The molecule has 1 aromatic carbocycles. The molecule has 5 rings (SSSR count). The highest BCUT2D eigenvalue weighted by Crippen LogP contribution is 2.34. The quantitative estimate of drug-likeness (QED) is 0.565. The lowest BCUT2D eigenvalue weighted by Gasteiger charge is -2.33. The fraction of sp³-hybridized carbons (Fsp3) is 0.409. The largest absolute Gasteiger partial charge is 0.339 e. The number of hydrogen-bond acceptors (Lipinski definition) is 7. The van der Waals surface area contributed by atoms with Gasteiger partial charge in [0.2, 0.25) is 17.6 Å². The molecule has 3 aromatic rings. The number of nitrogens with zero attached hydrogens (tertiary/aromatic N) is 4. The minimum atomic E-state index is -3.70. The lowest BCUT2D eigenvalue weighted by molar-refractivity contribution is -0.123. The second-order valence-electron chi connectivity index (χ2n) is 8.09. The van der Waals surface area contributed by atoms with Gasteiger partial charge in [-0.25, -0.2) is 8.42 Å². The molecule has 1 atom stereocenters. The molecule has 2 aliphatic rings. The number of rotatable bonds is 5. The first kappa shape index (κ1) is 21.3. The van der Waals surface area contributed by atoms with Crippen LogP contribution in [0.2, 0.25) is 0 Å². The van der Waals surface area contributed by atoms with E-state index in [1.165, 1.54) is 9.87 Å². The fourth-order valence-electron chi connectivity index (χ4n) is 4.36. The van der Waals surface area contributed by atoms with Crippen molar-refractivity contribution in [1.29, 1.82) is 0 Å². The van der Waals surface area contributed by atoms with Crippen molar-refractivity contribution in [3.05, 3.63) is 47.2 Å². The Bertz CT molecular complexity index is 1250. The van der Waals surface area contributed by atoms with Gasteiger partial charge in [0.1, 0.15) is 4.21 Å². The number of carbonyl (C=O) groups is 1. The van der Waals surface area contributed by atoms with Crippen molar-refractivity contribution in [3.63, 3.8) is 0 Å². The van der Waals surface area contributed by atoms with Crippen molar-refractivity contribution in [2.45, 2.75) is 36.8 Å². The zero-order valence-electron chi connectivity index (χ0n) is 17.7. The Morgan fingerprint density at radius 3 is 2.94 bits per heavy atom. The Labute approximate surface area is 190 Å². The third-order valence-corrected chi connectivity index (χ3v) is 9.37. The standard InChI is InChI=1S/C22H24N4O4S2/c1-2-19-23-21(24-30-19)17-12-20(31-14-17)32(28,29)25-10-5-7-16(13-25)22(27)26-11-9-15-6-3-4-8-18(15)26/h3-4,6,8,12,14,16H,2,5,7,9-11,13H2,1H3/t16-/m1/s1. The topological polar surface area (TPSA) is 96.6 Å². The van der Waals surface area contributed by atoms with Crippen molar-refractivity contribution >= 4 is 33.0 Å². The van der Waals surface area contributed by atoms with Crippen LogP contribution in [0.15, 0.2) is 44.4 Å². The van der Waals surface area contributed by atoms with E-state index in [4.69, 9.17) is 4.52 Å². The molecule has 4 heterocycles. The molecule has 0 saturated carbocycles. The summed E-state index contributed by atoms with van der Waals surface area (Å²) < 4.78 is 33.5. The summed E-state index contributed by atoms with van der Waals surface area (Å²) in [5.74, 6) is 0.574. The number of anilines is 1. The summed E-state index contributed by atoms with van der Waals surface area (Å²) in [4.78, 5) is 19.4. The van der Waals surface area contributed by atoms with E-state index in [9.17, 15) is 13.2 Å². The van der Waals surface area contributed by atoms with Gasteiger partial charge in [0.05, 0.1) is 5.92 Å². The minimum Gasteiger partial charge on any atom is -0.339 e. The number of fused-ring (bicyclic) bond motifs is 1. The summed E-state index contributed by atoms with van der Waals surface area (Å²) in [6, 6.07) is 9.51. The Morgan fingerprint density at radius 1 is 1.28 bits per heavy atom. The first-order chi connectivity index (χ1) is 15.5. The molecule has 0 N–H and O–H groups in total. The molecule has 0 bridgehead atoms. The highest BCUT2D eigenvalue weighted by molar-refractivity contribution is 7.91. The molecule has 168 valence electrons. The van der Waals surface area contributed by atoms with Gasteiger partial charge in [-0.2, -0.15) is 9.29 Å². The van der Waals surface area contributed by atoms with E-state index >= 15 is 0 Å². The predicted octanol–water partition coefficient (Wildman–Crippen LogP) is 3.35. The van der Waals surface area contributed by atoms with E-state index in [-0.39, 0.29) is 22.6 Å². The Balaban J connectivity index is 1.33. The Hall–Kier alpha value is -2.56. The number of thiophene rings is 1. The second-order valence-corrected chi connectivity index (χ2v) is 11.2. The van der Waals surface area contributed by atoms with E-state index in [1.54, 1.807) is 11.4 Å². The Morgan fingerprint density at radius 2 is 2.12 bits per heavy atom. The van der Waals surface area contributed by atoms with Crippen LogP contribution in [0.25, 0.3) is 11.4 Å². The smallest absolute Gasteiger partial charge is 0.252 e. The van der Waals surface area contributed by atoms with Crippen molar-refractivity contribution in [1.82, 2.24) is 14.4 Å². The lowest BCUT2D eigenvalue weighted by atomic mass is 9.98. The zero-order chi connectivity index (χ0) is 22.3. The van der Waals surface area contributed by atoms with Crippen LogP contribution in [-0.2, 0) is 27.7 Å². The number of piperidine rings is 1. The third kappa shape index (κ3) is 3.76. The summed E-state index contributed by atoms with van der Waals surface area (Å²) in [7, 11) is -3.70. The molecule has 8 nitrogen and oxygen atoms in total. The van der Waals surface area contributed by atoms with E-state index in [2.05, 4.69) is 10.1 Å². The van der Waals surface area contributed by atoms with Gasteiger partial charge in [0.15, 0.2) is 0 Å². The van der Waals surface area contributed by atoms with Crippen LogP contribution < -0.4 is 4.90 Å². The number of benzene rings is 1. The van der Waals surface area contributed by atoms with Crippen LogP contribution in [0.3, 0.4) is 0 Å². The van der Waals surface area contributed by atoms with Gasteiger partial charge in [-0.1, -0.05) is 30.3 Å². The molecule has 2 aromatic heterocycles. The fourth-order valence-corrected chi connectivity index (χ4v) is 7.20. The molecule has 1 fully saturated rings. The van der Waals surface area contributed by atoms with Crippen LogP contribution in [0.4, 0.5) is 5.69 Å². The number of carbonyl (C=O) groups excluding carboxylic acids is 1. The van der Waals surface area contributed by atoms with Gasteiger partial charge in [-0.15, -0.1) is 11.3 Å². The number of para-hydroxylation sites is 1. The molecule has 0 radical (unpaired) electrons. The van der Waals surface area contributed by atoms with Crippen LogP contribution in [0.5, 0.6) is 0 Å². The minimum absolute atomic E-state index is 0.0145. The number of aromatic nitrogens is 2. The Kier molecular flexibility index (Phi) is 5.60. The van der Waals surface area contributed by atoms with Crippen molar-refractivity contribution in [2.75, 3.05) is 24.5 Å². The monoisotopic (exact) mass is 472 g/mol. The molecule has 0 unspecified atom stereocenters. The highest BCUT2D eigenvalue weighted by atomic mass is 32.2. The average molecular weight is 473 g/mol. The molecular formula is C22H24N4O4S2. The maximum absolute atomic E-state index is 13.3. The van der Waals surface area contributed by atoms with Gasteiger partial charge >= 0.3 is 0 Å². The van der Waals surface area contributed by atoms with E-state index < -0.39 is 10.0 Å². The van der Waals surface area contributed by atoms with Crippen LogP contribution >= 0.6 is 11.3 Å². The molecule has 0 spiro atoms. The van der Waals surface area contributed by atoms with E-state index in [0.29, 0.717) is 49.6 Å². The van der Waals surface area contributed by atoms with Crippen LogP contribution in [0.1, 0.15) is 31.2 Å². The molecule has 2 aliphatic heterocycles. The maximum Gasteiger partial charge on any atom is 0.252 e.